The molecule has 1 fully saturated rings. The van der Waals surface area contributed by atoms with Crippen LogP contribution in [0.2, 0.25) is 0 Å². The lowest BCUT2D eigenvalue weighted by molar-refractivity contribution is -0.137. The van der Waals surface area contributed by atoms with Gasteiger partial charge in [-0.3, -0.25) is 0 Å². The predicted octanol–water partition coefficient (Wildman–Crippen LogP) is 4.16. The first-order valence-corrected chi connectivity index (χ1v) is 7.52. The van der Waals surface area contributed by atoms with E-state index in [1.54, 1.807) is 0 Å². The molecule has 0 bridgehead atoms. The van der Waals surface area contributed by atoms with Gasteiger partial charge in [0.2, 0.25) is 0 Å². The summed E-state index contributed by atoms with van der Waals surface area (Å²) in [5.41, 5.74) is -0.633. The molecule has 21 heavy (non-hydrogen) atoms. The maximum atomic E-state index is 13.0. The molecule has 118 valence electrons. The summed E-state index contributed by atoms with van der Waals surface area (Å²) in [6.45, 7) is 6.26. The molecule has 3 nitrogen and oxygen atoms in total. The van der Waals surface area contributed by atoms with Gasteiger partial charge in [-0.15, -0.1) is 0 Å². The van der Waals surface area contributed by atoms with Crippen molar-refractivity contribution < 1.29 is 13.2 Å². The molecule has 0 aliphatic carbocycles. The van der Waals surface area contributed by atoms with Crippen molar-refractivity contribution in [2.24, 2.45) is 5.92 Å². The Bertz CT molecular complexity index is 474. The van der Waals surface area contributed by atoms with Crippen LogP contribution in [0.15, 0.2) is 12.1 Å². The standard InChI is InChI=1S/C15H22F3N3/c1-3-6-19-13-8-12(15(16,17)18)9-14(20-13)21-7-5-11(4-2)10-21/h8-9,11H,3-7,10H2,1-2H3,(H,19,20). The maximum Gasteiger partial charge on any atom is 0.416 e. The summed E-state index contributed by atoms with van der Waals surface area (Å²) in [6.07, 6.45) is -1.43. The van der Waals surface area contributed by atoms with Crippen molar-refractivity contribution in [1.29, 1.82) is 0 Å². The smallest absolute Gasteiger partial charge is 0.370 e. The van der Waals surface area contributed by atoms with Gasteiger partial charge < -0.3 is 10.2 Å². The van der Waals surface area contributed by atoms with Crippen molar-refractivity contribution in [3.05, 3.63) is 17.7 Å². The Morgan fingerprint density at radius 3 is 2.67 bits per heavy atom. The van der Waals surface area contributed by atoms with Gasteiger partial charge in [0.25, 0.3) is 0 Å². The molecule has 2 rings (SSSR count). The van der Waals surface area contributed by atoms with Crippen LogP contribution in [-0.4, -0.2) is 24.6 Å². The lowest BCUT2D eigenvalue weighted by Gasteiger charge is -2.20. The molecule has 1 N–H and O–H groups in total. The summed E-state index contributed by atoms with van der Waals surface area (Å²) < 4.78 is 39.1. The molecule has 0 spiro atoms. The van der Waals surface area contributed by atoms with Crippen LogP contribution in [0, 0.1) is 5.92 Å². The first-order chi connectivity index (χ1) is 9.94. The van der Waals surface area contributed by atoms with Gasteiger partial charge in [0, 0.05) is 19.6 Å². The number of nitrogens with zero attached hydrogens (tertiary/aromatic N) is 2. The topological polar surface area (TPSA) is 28.2 Å². The van der Waals surface area contributed by atoms with E-state index in [2.05, 4.69) is 17.2 Å². The Kier molecular flexibility index (Phi) is 4.96. The van der Waals surface area contributed by atoms with Gasteiger partial charge in [0.15, 0.2) is 0 Å². The van der Waals surface area contributed by atoms with Crippen LogP contribution < -0.4 is 10.2 Å². The van der Waals surface area contributed by atoms with Crippen LogP contribution in [0.3, 0.4) is 0 Å². The van der Waals surface area contributed by atoms with Crippen molar-refractivity contribution >= 4 is 11.6 Å². The lowest BCUT2D eigenvalue weighted by atomic mass is 10.1. The second-order valence-electron chi connectivity index (χ2n) is 5.53. The van der Waals surface area contributed by atoms with E-state index in [1.165, 1.54) is 0 Å². The summed E-state index contributed by atoms with van der Waals surface area (Å²) in [4.78, 5) is 6.31. The van der Waals surface area contributed by atoms with Crippen molar-refractivity contribution in [2.45, 2.75) is 39.3 Å². The van der Waals surface area contributed by atoms with Gasteiger partial charge in [-0.05, 0) is 30.9 Å². The summed E-state index contributed by atoms with van der Waals surface area (Å²) >= 11 is 0. The third-order valence-corrected chi connectivity index (χ3v) is 3.88. The van der Waals surface area contributed by atoms with E-state index < -0.39 is 11.7 Å². The van der Waals surface area contributed by atoms with Crippen LogP contribution >= 0.6 is 0 Å². The molecule has 2 heterocycles. The predicted molar refractivity (Wildman–Crippen MR) is 78.6 cm³/mol. The third-order valence-electron chi connectivity index (χ3n) is 3.88. The minimum Gasteiger partial charge on any atom is -0.370 e. The first-order valence-electron chi connectivity index (χ1n) is 7.52. The molecule has 0 amide bonds. The Morgan fingerprint density at radius 2 is 2.10 bits per heavy atom. The molecule has 0 radical (unpaired) electrons. The highest BCUT2D eigenvalue weighted by atomic mass is 19.4. The summed E-state index contributed by atoms with van der Waals surface area (Å²) in [5, 5.41) is 2.96. The maximum absolute atomic E-state index is 13.0. The molecule has 0 saturated carbocycles. The van der Waals surface area contributed by atoms with Crippen LogP contribution in [-0.2, 0) is 6.18 Å². The van der Waals surface area contributed by atoms with Crippen molar-refractivity contribution in [3.8, 4) is 0 Å². The van der Waals surface area contributed by atoms with E-state index in [-0.39, 0.29) is 0 Å². The van der Waals surface area contributed by atoms with Gasteiger partial charge >= 0.3 is 6.18 Å². The fraction of sp³-hybridized carbons (Fsp3) is 0.667. The molecular weight excluding hydrogens is 279 g/mol. The third kappa shape index (κ3) is 4.02. The van der Waals surface area contributed by atoms with Crippen molar-refractivity contribution in [3.63, 3.8) is 0 Å². The van der Waals surface area contributed by atoms with E-state index in [0.29, 0.717) is 24.1 Å². The average molecular weight is 301 g/mol. The molecule has 1 atom stereocenters. The van der Waals surface area contributed by atoms with Gasteiger partial charge in [-0.2, -0.15) is 13.2 Å². The fourth-order valence-electron chi connectivity index (χ4n) is 2.56. The number of alkyl halides is 3. The molecule has 1 saturated heterocycles. The number of halogens is 3. The molecular formula is C15H22F3N3. The van der Waals surface area contributed by atoms with Crippen molar-refractivity contribution in [2.75, 3.05) is 29.9 Å². The zero-order chi connectivity index (χ0) is 15.5. The number of aromatic nitrogens is 1. The SMILES string of the molecule is CCCNc1cc(C(F)(F)F)cc(N2CCC(CC)C2)n1. The number of nitrogens with one attached hydrogen (secondary N) is 1. The van der Waals surface area contributed by atoms with E-state index in [9.17, 15) is 13.2 Å². The minimum atomic E-state index is -4.34. The largest absolute Gasteiger partial charge is 0.416 e. The van der Waals surface area contributed by atoms with E-state index in [4.69, 9.17) is 0 Å². The highest BCUT2D eigenvalue weighted by molar-refractivity contribution is 5.52. The zero-order valence-electron chi connectivity index (χ0n) is 12.5. The van der Waals surface area contributed by atoms with Gasteiger partial charge in [0.1, 0.15) is 11.6 Å². The van der Waals surface area contributed by atoms with E-state index in [0.717, 1.165) is 44.5 Å². The summed E-state index contributed by atoms with van der Waals surface area (Å²) in [5.74, 6) is 1.29. The highest BCUT2D eigenvalue weighted by Gasteiger charge is 2.33. The molecule has 1 aromatic heterocycles. The van der Waals surface area contributed by atoms with Gasteiger partial charge in [-0.1, -0.05) is 20.3 Å². The molecule has 1 aliphatic rings. The molecule has 1 aromatic rings. The average Bonchev–Trinajstić information content (AvgIpc) is 2.93. The van der Waals surface area contributed by atoms with E-state index >= 15 is 0 Å². The quantitative estimate of drug-likeness (QED) is 0.885. The van der Waals surface area contributed by atoms with Crippen molar-refractivity contribution in [1.82, 2.24) is 4.98 Å². The van der Waals surface area contributed by atoms with Crippen LogP contribution in [0.1, 0.15) is 38.7 Å². The van der Waals surface area contributed by atoms with E-state index in [1.807, 2.05) is 11.8 Å². The Labute approximate surface area is 123 Å². The highest BCUT2D eigenvalue weighted by Crippen LogP contribution is 2.34. The normalized spacial score (nSPS) is 19.1. The first kappa shape index (κ1) is 15.9. The van der Waals surface area contributed by atoms with Crippen LogP contribution in [0.5, 0.6) is 0 Å². The van der Waals surface area contributed by atoms with Crippen LogP contribution in [0.25, 0.3) is 0 Å². The second-order valence-corrected chi connectivity index (χ2v) is 5.53. The lowest BCUT2D eigenvalue weighted by Crippen LogP contribution is -2.22. The summed E-state index contributed by atoms with van der Waals surface area (Å²) in [7, 11) is 0. The second kappa shape index (κ2) is 6.54. The van der Waals surface area contributed by atoms with Gasteiger partial charge in [0.05, 0.1) is 5.56 Å². The fourth-order valence-corrected chi connectivity index (χ4v) is 2.56. The molecule has 6 heteroatoms. The molecule has 1 unspecified atom stereocenters. The number of anilines is 2. The molecule has 0 aromatic carbocycles. The Balaban J connectivity index is 2.27. The number of hydrogen-bond acceptors (Lipinski definition) is 3. The monoisotopic (exact) mass is 301 g/mol. The number of rotatable bonds is 5. The minimum absolute atomic E-state index is 0.307. The Hall–Kier alpha value is -1.46. The summed E-state index contributed by atoms with van der Waals surface area (Å²) in [6, 6.07) is 2.25. The molecule has 1 aliphatic heterocycles. The van der Waals surface area contributed by atoms with Crippen LogP contribution in [0.4, 0.5) is 24.8 Å². The zero-order valence-corrected chi connectivity index (χ0v) is 12.5. The number of hydrogen-bond donors (Lipinski definition) is 1. The number of pyridine rings is 1. The van der Waals surface area contributed by atoms with Gasteiger partial charge in [-0.25, -0.2) is 4.98 Å². The Morgan fingerprint density at radius 1 is 1.33 bits per heavy atom.